The van der Waals surface area contributed by atoms with Crippen LogP contribution in [0, 0.1) is 35.5 Å². The van der Waals surface area contributed by atoms with E-state index in [1.165, 1.54) is 21.7 Å². The molecule has 4 N–H and O–H groups in total. The van der Waals surface area contributed by atoms with E-state index in [1.807, 2.05) is 101 Å². The van der Waals surface area contributed by atoms with Gasteiger partial charge in [0.2, 0.25) is 42.2 Å². The van der Waals surface area contributed by atoms with Gasteiger partial charge in [-0.3, -0.25) is 28.8 Å². The van der Waals surface area contributed by atoms with Crippen molar-refractivity contribution in [3.8, 4) is 11.5 Å². The fraction of sp³-hybridized carbons (Fsp3) is 0.721. The van der Waals surface area contributed by atoms with Gasteiger partial charge in [0, 0.05) is 27.7 Å². The lowest BCUT2D eigenvalue weighted by atomic mass is 9.94. The minimum atomic E-state index is -0.986. The molecule has 1 heterocycles. The number of carbonyl (C=O) groups excluding carboxylic acids is 6. The van der Waals surface area contributed by atoms with Gasteiger partial charge in [0.15, 0.2) is 11.5 Å². The van der Waals surface area contributed by atoms with Gasteiger partial charge in [0.05, 0.1) is 6.04 Å². The van der Waals surface area contributed by atoms with E-state index in [2.05, 4.69) is 21.3 Å². The number of likely N-dealkylation sites (N-methyl/N-ethyl adjacent to an activating group) is 4. The summed E-state index contributed by atoms with van der Waals surface area (Å²) in [7, 11) is 6.33. The van der Waals surface area contributed by atoms with Crippen molar-refractivity contribution in [3.05, 3.63) is 23.8 Å². The molecule has 1 aliphatic heterocycles. The third-order valence-corrected chi connectivity index (χ3v) is 10.9. The van der Waals surface area contributed by atoms with E-state index in [0.717, 1.165) is 5.56 Å². The lowest BCUT2D eigenvalue weighted by Crippen LogP contribution is -2.63. The molecule has 58 heavy (non-hydrogen) atoms. The predicted molar refractivity (Wildman–Crippen MR) is 225 cm³/mol. The number of fused-ring (bicyclic) bond motifs is 1. The smallest absolute Gasteiger partial charge is 0.246 e. The standard InChI is InChI=1S/C43H73N7O8/c1-23(2)32(44-13)39(52)47-34(25(5)6)41(54)49(15)36(27(9)10)43(56)50(16)37(28(11)12)42(55)48(14)35(26(7)8)40(53)46-33(24(3)4)38(51)45-20-19-29-17-18-30-31(21-29)58-22-57-30/h17-18,21,23-28,32-37,44H,19-20,22H2,1-16H3,(H,45,51)(H,46,53)(H,47,52)/t32-,33-,34-,35-,36-,37-/m0/s1. The third kappa shape index (κ3) is 12.6. The van der Waals surface area contributed by atoms with Gasteiger partial charge < -0.3 is 45.4 Å². The molecule has 15 heteroatoms. The Bertz CT molecular complexity index is 1580. The Morgan fingerprint density at radius 2 is 1.00 bits per heavy atom. The van der Waals surface area contributed by atoms with Gasteiger partial charge in [-0.25, -0.2) is 0 Å². The summed E-state index contributed by atoms with van der Waals surface area (Å²) in [6.45, 7) is 22.6. The molecule has 0 aromatic heterocycles. The molecule has 328 valence electrons. The fourth-order valence-electron chi connectivity index (χ4n) is 7.60. The highest BCUT2D eigenvalue weighted by molar-refractivity contribution is 5.97. The molecule has 0 unspecified atom stereocenters. The summed E-state index contributed by atoms with van der Waals surface area (Å²) in [5.41, 5.74) is 0.962. The Hall–Kier alpha value is -4.40. The first kappa shape index (κ1) is 49.7. The first-order chi connectivity index (χ1) is 27.0. The van der Waals surface area contributed by atoms with E-state index in [1.54, 1.807) is 21.1 Å². The molecule has 0 fully saturated rings. The van der Waals surface area contributed by atoms with Crippen LogP contribution >= 0.6 is 0 Å². The Morgan fingerprint density at radius 1 is 0.552 bits per heavy atom. The highest BCUT2D eigenvalue weighted by Crippen LogP contribution is 2.32. The molecule has 0 spiro atoms. The van der Waals surface area contributed by atoms with Crippen LogP contribution in [0.25, 0.3) is 0 Å². The van der Waals surface area contributed by atoms with Crippen LogP contribution in [-0.2, 0) is 35.2 Å². The van der Waals surface area contributed by atoms with Crippen molar-refractivity contribution in [3.63, 3.8) is 0 Å². The summed E-state index contributed by atoms with van der Waals surface area (Å²) in [5.74, 6) is -2.73. The van der Waals surface area contributed by atoms with Gasteiger partial charge in [-0.2, -0.15) is 0 Å². The third-order valence-electron chi connectivity index (χ3n) is 10.9. The van der Waals surface area contributed by atoms with Gasteiger partial charge in [-0.05, 0) is 66.7 Å². The Morgan fingerprint density at radius 3 is 1.47 bits per heavy atom. The maximum Gasteiger partial charge on any atom is 0.246 e. The van der Waals surface area contributed by atoms with Crippen LogP contribution in [-0.4, -0.2) is 128 Å². The summed E-state index contributed by atoms with van der Waals surface area (Å²) in [4.78, 5) is 87.7. The normalized spacial score (nSPS) is 15.6. The summed E-state index contributed by atoms with van der Waals surface area (Å²) in [6.07, 6.45) is 0.543. The second-order valence-electron chi connectivity index (χ2n) is 17.6. The molecular formula is C43H73N7O8. The van der Waals surface area contributed by atoms with E-state index in [4.69, 9.17) is 9.47 Å². The average Bonchev–Trinajstić information content (AvgIpc) is 3.60. The molecule has 6 atom stereocenters. The summed E-state index contributed by atoms with van der Waals surface area (Å²) >= 11 is 0. The van der Waals surface area contributed by atoms with E-state index < -0.39 is 59.9 Å². The van der Waals surface area contributed by atoms with Crippen molar-refractivity contribution >= 4 is 35.4 Å². The van der Waals surface area contributed by atoms with Gasteiger partial charge in [0.25, 0.3) is 0 Å². The minimum Gasteiger partial charge on any atom is -0.454 e. The number of amides is 6. The van der Waals surface area contributed by atoms with Crippen LogP contribution < -0.4 is 30.7 Å². The number of hydrogen-bond acceptors (Lipinski definition) is 9. The number of ether oxygens (including phenoxy) is 2. The van der Waals surface area contributed by atoms with Crippen molar-refractivity contribution in [2.45, 2.75) is 126 Å². The first-order valence-corrected chi connectivity index (χ1v) is 20.7. The molecule has 15 nitrogen and oxygen atoms in total. The second-order valence-corrected chi connectivity index (χ2v) is 17.6. The van der Waals surface area contributed by atoms with E-state index in [-0.39, 0.29) is 54.1 Å². The Balaban J connectivity index is 2.27. The monoisotopic (exact) mass is 816 g/mol. The van der Waals surface area contributed by atoms with E-state index in [9.17, 15) is 28.8 Å². The summed E-state index contributed by atoms with van der Waals surface area (Å²) in [5, 5.41) is 11.7. The molecule has 6 amide bonds. The number of nitrogens with one attached hydrogen (secondary N) is 4. The van der Waals surface area contributed by atoms with Gasteiger partial charge >= 0.3 is 0 Å². The number of carbonyl (C=O) groups is 6. The van der Waals surface area contributed by atoms with Crippen molar-refractivity contribution in [2.24, 2.45) is 35.5 Å². The molecule has 0 radical (unpaired) electrons. The predicted octanol–water partition coefficient (Wildman–Crippen LogP) is 3.05. The van der Waals surface area contributed by atoms with Crippen LogP contribution in [0.3, 0.4) is 0 Å². The molecule has 1 aromatic rings. The van der Waals surface area contributed by atoms with Crippen molar-refractivity contribution in [1.29, 1.82) is 0 Å². The van der Waals surface area contributed by atoms with Crippen molar-refractivity contribution < 1.29 is 38.2 Å². The van der Waals surface area contributed by atoms with Crippen molar-refractivity contribution in [2.75, 3.05) is 41.5 Å². The Labute approximate surface area is 347 Å². The van der Waals surface area contributed by atoms with E-state index >= 15 is 0 Å². The number of benzene rings is 1. The van der Waals surface area contributed by atoms with Crippen LogP contribution in [0.1, 0.15) is 88.6 Å². The topological polar surface area (TPSA) is 179 Å². The maximum absolute atomic E-state index is 14.5. The number of rotatable bonds is 21. The van der Waals surface area contributed by atoms with Crippen LogP contribution in [0.4, 0.5) is 0 Å². The number of nitrogens with zero attached hydrogens (tertiary/aromatic N) is 3. The molecule has 2 rings (SSSR count). The second kappa shape index (κ2) is 22.1. The molecule has 1 aromatic carbocycles. The lowest BCUT2D eigenvalue weighted by molar-refractivity contribution is -0.155. The van der Waals surface area contributed by atoms with Crippen molar-refractivity contribution in [1.82, 2.24) is 36.0 Å². The molecule has 0 saturated carbocycles. The van der Waals surface area contributed by atoms with Gasteiger partial charge in [0.1, 0.15) is 30.2 Å². The Kier molecular flexibility index (Phi) is 19.0. The largest absolute Gasteiger partial charge is 0.454 e. The van der Waals surface area contributed by atoms with Crippen LogP contribution in [0.5, 0.6) is 11.5 Å². The maximum atomic E-state index is 14.5. The van der Waals surface area contributed by atoms with E-state index in [0.29, 0.717) is 24.5 Å². The van der Waals surface area contributed by atoms with Crippen LogP contribution in [0.15, 0.2) is 18.2 Å². The molecule has 0 saturated heterocycles. The van der Waals surface area contributed by atoms with Gasteiger partial charge in [-0.15, -0.1) is 0 Å². The summed E-state index contributed by atoms with van der Waals surface area (Å²) < 4.78 is 10.8. The quantitative estimate of drug-likeness (QED) is 0.145. The molecule has 1 aliphatic rings. The molecule has 0 aliphatic carbocycles. The highest BCUT2D eigenvalue weighted by atomic mass is 16.7. The highest BCUT2D eigenvalue weighted by Gasteiger charge is 2.43. The minimum absolute atomic E-state index is 0.0192. The van der Waals surface area contributed by atoms with Crippen LogP contribution in [0.2, 0.25) is 0 Å². The van der Waals surface area contributed by atoms with Gasteiger partial charge in [-0.1, -0.05) is 89.2 Å². The molecular weight excluding hydrogens is 743 g/mol. The fourth-order valence-corrected chi connectivity index (χ4v) is 7.60. The molecule has 0 bridgehead atoms. The SMILES string of the molecule is CN[C@H](C(=O)N[C@H](C(=O)N(C)[C@H](C(=O)N(C)[C@H](C(=O)N(C)[C@H](C(=O)N[C@H](C(=O)NCCc1ccc2c(c1)OCO2)C(C)C)C(C)C)C(C)C)C(C)C)C(C)C)C(C)C. The number of hydrogen-bond donors (Lipinski definition) is 4. The summed E-state index contributed by atoms with van der Waals surface area (Å²) in [6, 6.07) is 0.448. The average molecular weight is 816 g/mol. The zero-order valence-corrected chi connectivity index (χ0v) is 37.9. The zero-order valence-electron chi connectivity index (χ0n) is 37.9. The lowest BCUT2D eigenvalue weighted by Gasteiger charge is -2.41. The first-order valence-electron chi connectivity index (χ1n) is 20.7. The zero-order chi connectivity index (χ0) is 44.3.